The van der Waals surface area contributed by atoms with Gasteiger partial charge in [0.25, 0.3) is 11.8 Å². The third-order valence-electron chi connectivity index (χ3n) is 4.79. The molecule has 4 amide bonds. The van der Waals surface area contributed by atoms with Crippen molar-refractivity contribution >= 4 is 34.9 Å². The van der Waals surface area contributed by atoms with E-state index in [0.717, 1.165) is 11.1 Å². The number of aryl methyl sites for hydroxylation is 1. The van der Waals surface area contributed by atoms with E-state index in [9.17, 15) is 14.4 Å². The number of hydrogen-bond acceptors (Lipinski definition) is 4. The summed E-state index contributed by atoms with van der Waals surface area (Å²) in [5, 5.41) is 11.1. The van der Waals surface area contributed by atoms with Gasteiger partial charge in [-0.25, -0.2) is 4.79 Å². The van der Waals surface area contributed by atoms with E-state index in [1.165, 1.54) is 0 Å². The monoisotopic (exact) mass is 430 g/mol. The van der Waals surface area contributed by atoms with Gasteiger partial charge in [0.15, 0.2) is 6.61 Å². The van der Waals surface area contributed by atoms with E-state index in [2.05, 4.69) is 21.3 Å². The Hall–Kier alpha value is -4.33. The third-order valence-corrected chi connectivity index (χ3v) is 4.79. The lowest BCUT2D eigenvalue weighted by atomic mass is 10.1. The van der Waals surface area contributed by atoms with E-state index in [4.69, 9.17) is 4.74 Å². The van der Waals surface area contributed by atoms with Crippen molar-refractivity contribution in [3.05, 3.63) is 83.4 Å². The maximum absolute atomic E-state index is 12.5. The summed E-state index contributed by atoms with van der Waals surface area (Å²) in [6, 6.07) is 19.3. The molecule has 0 aromatic heterocycles. The van der Waals surface area contributed by atoms with E-state index >= 15 is 0 Å². The average Bonchev–Trinajstić information content (AvgIpc) is 2.77. The second kappa shape index (κ2) is 9.22. The van der Waals surface area contributed by atoms with Crippen LogP contribution < -0.4 is 26.0 Å². The highest BCUT2D eigenvalue weighted by molar-refractivity contribution is 6.00. The number of nitrogens with one attached hydrogen (secondary N) is 4. The summed E-state index contributed by atoms with van der Waals surface area (Å²) in [5.41, 5.74) is 4.16. The van der Waals surface area contributed by atoms with Crippen LogP contribution in [0.3, 0.4) is 0 Å². The summed E-state index contributed by atoms with van der Waals surface area (Å²) in [6.07, 6.45) is 0. The lowest BCUT2D eigenvalue weighted by Crippen LogP contribution is -2.26. The lowest BCUT2D eigenvalue weighted by molar-refractivity contribution is -0.118. The number of ether oxygens (including phenoxy) is 1. The van der Waals surface area contributed by atoms with Gasteiger partial charge in [-0.05, 0) is 60.5 Å². The molecule has 162 valence electrons. The van der Waals surface area contributed by atoms with E-state index < -0.39 is 0 Å². The topological polar surface area (TPSA) is 109 Å². The zero-order valence-electron chi connectivity index (χ0n) is 17.4. The zero-order valence-corrected chi connectivity index (χ0v) is 17.4. The largest absolute Gasteiger partial charge is 0.482 e. The van der Waals surface area contributed by atoms with Crippen LogP contribution in [0.2, 0.25) is 0 Å². The fourth-order valence-electron chi connectivity index (χ4n) is 3.28. The number of carbonyl (C=O) groups is 3. The Morgan fingerprint density at radius 2 is 1.72 bits per heavy atom. The summed E-state index contributed by atoms with van der Waals surface area (Å²) in [4.78, 5) is 36.1. The minimum atomic E-state index is -0.349. The molecule has 4 N–H and O–H groups in total. The predicted molar refractivity (Wildman–Crippen MR) is 122 cm³/mol. The van der Waals surface area contributed by atoms with Crippen LogP contribution in [-0.4, -0.2) is 24.5 Å². The molecule has 3 aromatic rings. The molecular weight excluding hydrogens is 408 g/mol. The highest BCUT2D eigenvalue weighted by Crippen LogP contribution is 2.28. The summed E-state index contributed by atoms with van der Waals surface area (Å²) in [7, 11) is 0. The molecule has 0 saturated carbocycles. The van der Waals surface area contributed by atoms with Crippen LogP contribution >= 0.6 is 0 Å². The number of carbonyl (C=O) groups excluding carboxylic acids is 3. The van der Waals surface area contributed by atoms with Gasteiger partial charge in [0.2, 0.25) is 0 Å². The Bertz CT molecular complexity index is 1190. The highest BCUT2D eigenvalue weighted by Gasteiger charge is 2.17. The van der Waals surface area contributed by atoms with E-state index in [1.54, 1.807) is 36.4 Å². The number of rotatable bonds is 5. The molecule has 1 aliphatic rings. The summed E-state index contributed by atoms with van der Waals surface area (Å²) in [5.74, 6) is -0.0392. The molecule has 1 aliphatic heterocycles. The molecule has 8 heteroatoms. The summed E-state index contributed by atoms with van der Waals surface area (Å²) < 4.78 is 5.35. The Labute approximate surface area is 185 Å². The summed E-state index contributed by atoms with van der Waals surface area (Å²) >= 11 is 0. The number of benzene rings is 3. The highest BCUT2D eigenvalue weighted by atomic mass is 16.5. The van der Waals surface area contributed by atoms with Crippen molar-refractivity contribution in [3.8, 4) is 5.75 Å². The molecule has 0 spiro atoms. The maximum atomic E-state index is 12.5. The molecule has 0 aliphatic carbocycles. The molecule has 0 unspecified atom stereocenters. The van der Waals surface area contributed by atoms with Crippen molar-refractivity contribution in [1.29, 1.82) is 0 Å². The van der Waals surface area contributed by atoms with Crippen molar-refractivity contribution in [1.82, 2.24) is 5.32 Å². The predicted octanol–water partition coefficient (Wildman–Crippen LogP) is 3.90. The van der Waals surface area contributed by atoms with Crippen molar-refractivity contribution in [2.45, 2.75) is 13.5 Å². The zero-order chi connectivity index (χ0) is 22.5. The standard InChI is InChI=1S/C24H22N4O4/c1-15-4-2-6-18(10-15)26-24(31)27-19-7-3-5-16(11-19)13-25-23(30)17-8-9-20-21(12-17)32-14-22(29)28-20/h2-12H,13-14H2,1H3,(H,25,30)(H,28,29)(H2,26,27,31). The molecule has 0 bridgehead atoms. The smallest absolute Gasteiger partial charge is 0.323 e. The van der Waals surface area contributed by atoms with E-state index in [1.807, 2.05) is 37.3 Å². The fourth-order valence-corrected chi connectivity index (χ4v) is 3.28. The molecule has 0 radical (unpaired) electrons. The molecule has 4 rings (SSSR count). The Morgan fingerprint density at radius 3 is 2.50 bits per heavy atom. The third kappa shape index (κ3) is 5.23. The molecule has 0 fully saturated rings. The van der Waals surface area contributed by atoms with Crippen LogP contribution in [0.15, 0.2) is 66.7 Å². The van der Waals surface area contributed by atoms with E-state index in [0.29, 0.717) is 28.4 Å². The Balaban J connectivity index is 1.34. The Morgan fingerprint density at radius 1 is 0.969 bits per heavy atom. The number of anilines is 3. The molecular formula is C24H22N4O4. The minimum Gasteiger partial charge on any atom is -0.482 e. The first-order valence-electron chi connectivity index (χ1n) is 10.0. The van der Waals surface area contributed by atoms with Crippen LogP contribution in [0.25, 0.3) is 0 Å². The quantitative estimate of drug-likeness (QED) is 0.492. The SMILES string of the molecule is Cc1cccc(NC(=O)Nc2cccc(CNC(=O)c3ccc4c(c3)OCC(=O)N4)c2)c1. The second-order valence-corrected chi connectivity index (χ2v) is 7.38. The van der Waals surface area contributed by atoms with Gasteiger partial charge in [-0.1, -0.05) is 24.3 Å². The molecule has 32 heavy (non-hydrogen) atoms. The van der Waals surface area contributed by atoms with Crippen molar-refractivity contribution in [2.75, 3.05) is 22.6 Å². The molecule has 3 aromatic carbocycles. The van der Waals surface area contributed by atoms with Gasteiger partial charge in [-0.3, -0.25) is 9.59 Å². The Kier molecular flexibility index (Phi) is 6.03. The van der Waals surface area contributed by atoms with Gasteiger partial charge in [0, 0.05) is 23.5 Å². The van der Waals surface area contributed by atoms with Crippen molar-refractivity contribution in [2.24, 2.45) is 0 Å². The average molecular weight is 430 g/mol. The van der Waals surface area contributed by atoms with Crippen molar-refractivity contribution < 1.29 is 19.1 Å². The molecule has 0 atom stereocenters. The first kappa shape index (κ1) is 20.9. The summed E-state index contributed by atoms with van der Waals surface area (Å²) in [6.45, 7) is 2.16. The first-order valence-corrected chi connectivity index (χ1v) is 10.0. The van der Waals surface area contributed by atoms with Crippen LogP contribution in [0.4, 0.5) is 21.9 Å². The van der Waals surface area contributed by atoms with Crippen LogP contribution in [0.1, 0.15) is 21.5 Å². The number of amides is 4. The molecule has 0 saturated heterocycles. The van der Waals surface area contributed by atoms with Gasteiger partial charge in [0.05, 0.1) is 5.69 Å². The van der Waals surface area contributed by atoms with Crippen LogP contribution in [0.5, 0.6) is 5.75 Å². The maximum Gasteiger partial charge on any atom is 0.323 e. The lowest BCUT2D eigenvalue weighted by Gasteiger charge is -2.18. The van der Waals surface area contributed by atoms with Crippen LogP contribution in [0, 0.1) is 6.92 Å². The van der Waals surface area contributed by atoms with Gasteiger partial charge in [0.1, 0.15) is 5.75 Å². The molecule has 8 nitrogen and oxygen atoms in total. The number of fused-ring (bicyclic) bond motifs is 1. The minimum absolute atomic E-state index is 0.0741. The number of urea groups is 1. The van der Waals surface area contributed by atoms with Crippen LogP contribution in [-0.2, 0) is 11.3 Å². The van der Waals surface area contributed by atoms with Gasteiger partial charge in [-0.15, -0.1) is 0 Å². The van der Waals surface area contributed by atoms with Gasteiger partial charge < -0.3 is 26.0 Å². The van der Waals surface area contributed by atoms with Gasteiger partial charge >= 0.3 is 6.03 Å². The normalized spacial score (nSPS) is 12.1. The fraction of sp³-hybridized carbons (Fsp3) is 0.125. The molecule has 1 heterocycles. The first-order chi connectivity index (χ1) is 15.5. The van der Waals surface area contributed by atoms with Gasteiger partial charge in [-0.2, -0.15) is 0 Å². The van der Waals surface area contributed by atoms with Crippen molar-refractivity contribution in [3.63, 3.8) is 0 Å². The second-order valence-electron chi connectivity index (χ2n) is 7.38. The number of hydrogen-bond donors (Lipinski definition) is 4. The van der Waals surface area contributed by atoms with E-state index in [-0.39, 0.29) is 31.0 Å².